The topological polar surface area (TPSA) is 27.7 Å². The van der Waals surface area contributed by atoms with E-state index in [1.807, 2.05) is 0 Å². The maximum absolute atomic E-state index is 5.97. The lowest BCUT2D eigenvalue weighted by atomic mass is 10.1. The monoisotopic (exact) mass is 286 g/mol. The minimum absolute atomic E-state index is 0.234. The fourth-order valence-corrected chi connectivity index (χ4v) is 2.78. The summed E-state index contributed by atoms with van der Waals surface area (Å²) < 4.78 is 16.8. The van der Waals surface area contributed by atoms with E-state index < -0.39 is 0 Å². The third-order valence-electron chi connectivity index (χ3n) is 4.02. The molecule has 3 heteroatoms. The number of hydrogen-bond acceptors (Lipinski definition) is 3. The second-order valence-corrected chi connectivity index (χ2v) is 5.94. The molecule has 0 aromatic rings. The molecule has 0 bridgehead atoms. The zero-order chi connectivity index (χ0) is 14.5. The fraction of sp³-hybridized carbons (Fsp3) is 1.00. The van der Waals surface area contributed by atoms with Crippen LogP contribution in [0.4, 0.5) is 0 Å². The van der Waals surface area contributed by atoms with Crippen molar-refractivity contribution >= 4 is 0 Å². The van der Waals surface area contributed by atoms with E-state index in [2.05, 4.69) is 6.92 Å². The molecule has 120 valence electrons. The molecule has 1 aliphatic heterocycles. The maximum Gasteiger partial charge on any atom is 0.0833 e. The van der Waals surface area contributed by atoms with Gasteiger partial charge in [-0.25, -0.2) is 0 Å². The molecule has 2 atom stereocenters. The largest absolute Gasteiger partial charge is 0.382 e. The van der Waals surface area contributed by atoms with Gasteiger partial charge in [-0.3, -0.25) is 0 Å². The minimum Gasteiger partial charge on any atom is -0.382 e. The van der Waals surface area contributed by atoms with Crippen molar-refractivity contribution in [3.63, 3.8) is 0 Å². The van der Waals surface area contributed by atoms with Gasteiger partial charge < -0.3 is 14.2 Å². The molecule has 0 radical (unpaired) electrons. The van der Waals surface area contributed by atoms with E-state index in [-0.39, 0.29) is 6.10 Å². The van der Waals surface area contributed by atoms with Crippen molar-refractivity contribution in [3.8, 4) is 0 Å². The summed E-state index contributed by atoms with van der Waals surface area (Å²) in [6.45, 7) is 4.69. The molecule has 0 spiro atoms. The van der Waals surface area contributed by atoms with Crippen molar-refractivity contribution in [3.05, 3.63) is 0 Å². The molecule has 2 unspecified atom stereocenters. The first-order valence-corrected chi connectivity index (χ1v) is 8.59. The molecule has 0 aromatic heterocycles. The number of hydrogen-bond donors (Lipinski definition) is 0. The lowest BCUT2D eigenvalue weighted by molar-refractivity contribution is -0.0928. The first kappa shape index (κ1) is 17.9. The first-order chi connectivity index (χ1) is 9.86. The predicted octanol–water partition coefficient (Wildman–Crippen LogP) is 4.34. The van der Waals surface area contributed by atoms with E-state index >= 15 is 0 Å². The summed E-state index contributed by atoms with van der Waals surface area (Å²) in [5.74, 6) is 0. The average Bonchev–Trinajstić information content (AvgIpc) is 2.46. The Hall–Kier alpha value is -0.120. The Morgan fingerprint density at radius 1 is 1.00 bits per heavy atom. The standard InChI is InChI=1S/C17H34O3/c1-3-4-5-6-7-8-9-10-12-19-16-11-13-20-17(14-16)15-18-2/h16-17H,3-15H2,1-2H3. The number of methoxy groups -OCH3 is 1. The van der Waals surface area contributed by atoms with Crippen molar-refractivity contribution in [1.29, 1.82) is 0 Å². The Morgan fingerprint density at radius 3 is 2.40 bits per heavy atom. The Bertz CT molecular complexity index is 206. The van der Waals surface area contributed by atoms with Gasteiger partial charge in [-0.15, -0.1) is 0 Å². The summed E-state index contributed by atoms with van der Waals surface area (Å²) in [5, 5.41) is 0. The average molecular weight is 286 g/mol. The van der Waals surface area contributed by atoms with Gasteiger partial charge in [-0.05, 0) is 12.8 Å². The molecule has 0 aromatic carbocycles. The lowest BCUT2D eigenvalue weighted by Crippen LogP contribution is -2.33. The highest BCUT2D eigenvalue weighted by Gasteiger charge is 2.22. The van der Waals surface area contributed by atoms with Crippen molar-refractivity contribution in [1.82, 2.24) is 0 Å². The lowest BCUT2D eigenvalue weighted by Gasteiger charge is -2.29. The molecule has 3 nitrogen and oxygen atoms in total. The van der Waals surface area contributed by atoms with Gasteiger partial charge in [0.15, 0.2) is 0 Å². The van der Waals surface area contributed by atoms with Crippen LogP contribution in [0.5, 0.6) is 0 Å². The van der Waals surface area contributed by atoms with Crippen LogP contribution in [0.25, 0.3) is 0 Å². The summed E-state index contributed by atoms with van der Waals surface area (Å²) >= 11 is 0. The van der Waals surface area contributed by atoms with Crippen molar-refractivity contribution in [2.24, 2.45) is 0 Å². The number of ether oxygens (including phenoxy) is 3. The normalized spacial score (nSPS) is 23.1. The quantitative estimate of drug-likeness (QED) is 0.500. The highest BCUT2D eigenvalue weighted by molar-refractivity contribution is 4.71. The van der Waals surface area contributed by atoms with Gasteiger partial charge in [0.2, 0.25) is 0 Å². The van der Waals surface area contributed by atoms with Crippen LogP contribution >= 0.6 is 0 Å². The molecule has 1 saturated heterocycles. The van der Waals surface area contributed by atoms with Crippen LogP contribution in [0.15, 0.2) is 0 Å². The fourth-order valence-electron chi connectivity index (χ4n) is 2.78. The zero-order valence-electron chi connectivity index (χ0n) is 13.6. The van der Waals surface area contributed by atoms with E-state index in [0.717, 1.165) is 26.1 Å². The molecule has 1 rings (SSSR count). The Kier molecular flexibility index (Phi) is 11.3. The summed E-state index contributed by atoms with van der Waals surface area (Å²) in [7, 11) is 1.73. The van der Waals surface area contributed by atoms with Crippen molar-refractivity contribution in [2.45, 2.75) is 83.3 Å². The van der Waals surface area contributed by atoms with Gasteiger partial charge >= 0.3 is 0 Å². The third kappa shape index (κ3) is 8.93. The van der Waals surface area contributed by atoms with Crippen LogP contribution in [-0.4, -0.2) is 39.1 Å². The molecule has 0 saturated carbocycles. The summed E-state index contributed by atoms with van der Waals surface area (Å²) in [6.07, 6.45) is 13.5. The van der Waals surface area contributed by atoms with E-state index in [0.29, 0.717) is 12.7 Å². The Morgan fingerprint density at radius 2 is 1.70 bits per heavy atom. The Labute approximate surface area is 125 Å². The molecule has 1 fully saturated rings. The molecule has 0 aliphatic carbocycles. The van der Waals surface area contributed by atoms with Crippen LogP contribution in [0.1, 0.15) is 71.1 Å². The van der Waals surface area contributed by atoms with Crippen LogP contribution < -0.4 is 0 Å². The van der Waals surface area contributed by atoms with E-state index in [1.54, 1.807) is 7.11 Å². The van der Waals surface area contributed by atoms with Crippen LogP contribution in [-0.2, 0) is 14.2 Å². The molecule has 0 N–H and O–H groups in total. The highest BCUT2D eigenvalue weighted by atomic mass is 16.5. The van der Waals surface area contributed by atoms with Crippen molar-refractivity contribution in [2.75, 3.05) is 26.9 Å². The molecular weight excluding hydrogens is 252 g/mol. The van der Waals surface area contributed by atoms with E-state index in [4.69, 9.17) is 14.2 Å². The molecule has 1 heterocycles. The van der Waals surface area contributed by atoms with Gasteiger partial charge in [0.1, 0.15) is 0 Å². The minimum atomic E-state index is 0.234. The molecule has 1 aliphatic rings. The van der Waals surface area contributed by atoms with Crippen LogP contribution in [0.2, 0.25) is 0 Å². The molecular formula is C17H34O3. The predicted molar refractivity (Wildman–Crippen MR) is 83.2 cm³/mol. The third-order valence-corrected chi connectivity index (χ3v) is 4.02. The Balaban J connectivity index is 1.88. The number of unbranched alkanes of at least 4 members (excludes halogenated alkanes) is 7. The first-order valence-electron chi connectivity index (χ1n) is 8.59. The maximum atomic E-state index is 5.97. The zero-order valence-corrected chi connectivity index (χ0v) is 13.6. The smallest absolute Gasteiger partial charge is 0.0833 e. The second-order valence-electron chi connectivity index (χ2n) is 5.94. The summed E-state index contributed by atoms with van der Waals surface area (Å²) in [4.78, 5) is 0. The van der Waals surface area contributed by atoms with Gasteiger partial charge in [-0.2, -0.15) is 0 Å². The SMILES string of the molecule is CCCCCCCCCCOC1CCOC(COC)C1. The summed E-state index contributed by atoms with van der Waals surface area (Å²) in [5.41, 5.74) is 0. The summed E-state index contributed by atoms with van der Waals surface area (Å²) in [6, 6.07) is 0. The van der Waals surface area contributed by atoms with E-state index in [1.165, 1.54) is 51.4 Å². The van der Waals surface area contributed by atoms with Gasteiger partial charge in [0.25, 0.3) is 0 Å². The van der Waals surface area contributed by atoms with Crippen molar-refractivity contribution < 1.29 is 14.2 Å². The van der Waals surface area contributed by atoms with Crippen LogP contribution in [0, 0.1) is 0 Å². The molecule has 0 amide bonds. The van der Waals surface area contributed by atoms with Crippen LogP contribution in [0.3, 0.4) is 0 Å². The van der Waals surface area contributed by atoms with Gasteiger partial charge in [0.05, 0.1) is 18.8 Å². The van der Waals surface area contributed by atoms with Gasteiger partial charge in [0, 0.05) is 26.7 Å². The number of rotatable bonds is 12. The molecule has 20 heavy (non-hydrogen) atoms. The second kappa shape index (κ2) is 12.6. The highest BCUT2D eigenvalue weighted by Crippen LogP contribution is 2.18. The van der Waals surface area contributed by atoms with Gasteiger partial charge in [-0.1, -0.05) is 51.9 Å². The van der Waals surface area contributed by atoms with E-state index in [9.17, 15) is 0 Å².